The number of aliphatic imine (C=N–C) groups is 1. The number of fused-ring (bicyclic) bond motifs is 4. The number of carbonyl (C=O) groups is 1. The number of halogens is 1. The third kappa shape index (κ3) is 2.48. The van der Waals surface area contributed by atoms with Crippen molar-refractivity contribution in [2.45, 2.75) is 12.5 Å². The van der Waals surface area contributed by atoms with Gasteiger partial charge in [-0.25, -0.2) is 9.98 Å². The summed E-state index contributed by atoms with van der Waals surface area (Å²) in [6.45, 7) is 1.85. The molecule has 156 valence electrons. The van der Waals surface area contributed by atoms with Gasteiger partial charge < -0.3 is 15.2 Å². The second-order valence-electron chi connectivity index (χ2n) is 7.47. The van der Waals surface area contributed by atoms with Crippen LogP contribution in [0.15, 0.2) is 53.7 Å². The monoisotopic (exact) mass is 418 g/mol. The average Bonchev–Trinajstić information content (AvgIpc) is 3.00. The van der Waals surface area contributed by atoms with Gasteiger partial charge in [-0.2, -0.15) is 4.39 Å². The highest BCUT2D eigenvalue weighted by Crippen LogP contribution is 2.54. The second kappa shape index (κ2) is 6.53. The summed E-state index contributed by atoms with van der Waals surface area (Å²) < 4.78 is 26.0. The van der Waals surface area contributed by atoms with Gasteiger partial charge in [0.2, 0.25) is 11.5 Å². The molecule has 0 saturated heterocycles. The molecule has 5 rings (SSSR count). The van der Waals surface area contributed by atoms with Gasteiger partial charge in [-0.05, 0) is 48.9 Å². The average molecular weight is 418 g/mol. The Kier molecular flexibility index (Phi) is 4.01. The van der Waals surface area contributed by atoms with E-state index in [2.05, 4.69) is 9.98 Å². The fraction of sp³-hybridized carbons (Fsp3) is 0.174. The molecule has 1 amide bonds. The lowest BCUT2D eigenvalue weighted by Gasteiger charge is -2.34. The number of methoxy groups -OCH3 is 1. The number of benzene rings is 2. The van der Waals surface area contributed by atoms with E-state index in [1.807, 2.05) is 6.92 Å². The molecule has 0 fully saturated rings. The number of amides is 1. The minimum atomic E-state index is -1.44. The van der Waals surface area contributed by atoms with Gasteiger partial charge >= 0.3 is 0 Å². The van der Waals surface area contributed by atoms with E-state index >= 15 is 0 Å². The summed E-state index contributed by atoms with van der Waals surface area (Å²) in [5.74, 6) is 0.734. The normalized spacial score (nSPS) is 19.0. The maximum absolute atomic E-state index is 14.4. The van der Waals surface area contributed by atoms with Crippen LogP contribution < -0.4 is 15.2 Å². The molecular weight excluding hydrogens is 399 g/mol. The Morgan fingerprint density at radius 3 is 2.68 bits per heavy atom. The van der Waals surface area contributed by atoms with Gasteiger partial charge in [-0.1, -0.05) is 6.07 Å². The Hall–Kier alpha value is -3.94. The van der Waals surface area contributed by atoms with Crippen molar-refractivity contribution in [3.8, 4) is 28.4 Å². The van der Waals surface area contributed by atoms with Crippen molar-refractivity contribution in [2.24, 2.45) is 10.7 Å². The minimum absolute atomic E-state index is 0.0928. The van der Waals surface area contributed by atoms with E-state index in [4.69, 9.17) is 15.2 Å². The Balaban J connectivity index is 1.82. The predicted molar refractivity (Wildman–Crippen MR) is 113 cm³/mol. The molecule has 31 heavy (non-hydrogen) atoms. The summed E-state index contributed by atoms with van der Waals surface area (Å²) in [5, 5.41) is 0. The zero-order chi connectivity index (χ0) is 21.9. The zero-order valence-corrected chi connectivity index (χ0v) is 17.1. The second-order valence-corrected chi connectivity index (χ2v) is 7.47. The third-order valence-corrected chi connectivity index (χ3v) is 5.86. The van der Waals surface area contributed by atoms with Crippen LogP contribution in [0.4, 0.5) is 4.39 Å². The minimum Gasteiger partial charge on any atom is -0.496 e. The number of rotatable bonds is 2. The molecule has 3 aromatic rings. The highest BCUT2D eigenvalue weighted by atomic mass is 19.1. The van der Waals surface area contributed by atoms with Gasteiger partial charge in [0.25, 0.3) is 5.91 Å². The van der Waals surface area contributed by atoms with Crippen LogP contribution in [0.5, 0.6) is 17.2 Å². The van der Waals surface area contributed by atoms with E-state index < -0.39 is 11.5 Å². The fourth-order valence-corrected chi connectivity index (χ4v) is 4.23. The summed E-state index contributed by atoms with van der Waals surface area (Å²) in [6.07, 6.45) is 1.38. The predicted octanol–water partition coefficient (Wildman–Crippen LogP) is 3.34. The van der Waals surface area contributed by atoms with Gasteiger partial charge in [-0.3, -0.25) is 9.69 Å². The molecule has 8 heteroatoms. The van der Waals surface area contributed by atoms with Gasteiger partial charge in [0.1, 0.15) is 17.2 Å². The lowest BCUT2D eigenvalue weighted by molar-refractivity contribution is -0.129. The van der Waals surface area contributed by atoms with Crippen molar-refractivity contribution in [3.63, 3.8) is 0 Å². The molecule has 2 N–H and O–H groups in total. The number of guanidine groups is 1. The number of hydrogen-bond donors (Lipinski definition) is 1. The van der Waals surface area contributed by atoms with E-state index in [0.717, 1.165) is 5.56 Å². The number of ether oxygens (including phenoxy) is 2. The summed E-state index contributed by atoms with van der Waals surface area (Å²) in [4.78, 5) is 23.2. The molecule has 1 aromatic heterocycles. The summed E-state index contributed by atoms with van der Waals surface area (Å²) in [6, 6.07) is 12.0. The molecule has 2 aliphatic heterocycles. The van der Waals surface area contributed by atoms with E-state index in [0.29, 0.717) is 39.5 Å². The van der Waals surface area contributed by atoms with Crippen molar-refractivity contribution in [1.29, 1.82) is 0 Å². The van der Waals surface area contributed by atoms with Gasteiger partial charge in [0, 0.05) is 35.5 Å². The number of likely N-dealkylation sites (N-methyl/N-ethyl adjacent to an activating group) is 1. The molecule has 0 aliphatic carbocycles. The molecule has 2 aliphatic rings. The first kappa shape index (κ1) is 19.0. The Morgan fingerprint density at radius 1 is 1.19 bits per heavy atom. The van der Waals surface area contributed by atoms with Gasteiger partial charge in [0.05, 0.1) is 7.11 Å². The van der Waals surface area contributed by atoms with Crippen LogP contribution in [0.2, 0.25) is 0 Å². The van der Waals surface area contributed by atoms with E-state index in [1.54, 1.807) is 56.6 Å². The van der Waals surface area contributed by atoms with Crippen LogP contribution in [0, 0.1) is 12.9 Å². The molecule has 0 radical (unpaired) electrons. The Bertz CT molecular complexity index is 1290. The molecule has 2 aromatic carbocycles. The Labute approximate surface area is 177 Å². The number of pyridine rings is 1. The lowest BCUT2D eigenvalue weighted by atomic mass is 9.78. The zero-order valence-electron chi connectivity index (χ0n) is 17.1. The SMILES string of the molecule is COc1ccc2c(c1C)Oc1ccc(-c3cccnc3F)cc1C21N=C(N)N(C)C1=O. The topological polar surface area (TPSA) is 90.0 Å². The molecule has 0 saturated carbocycles. The molecule has 1 spiro atoms. The van der Waals surface area contributed by atoms with Crippen LogP contribution in [-0.4, -0.2) is 35.9 Å². The van der Waals surface area contributed by atoms with Crippen LogP contribution in [0.25, 0.3) is 11.1 Å². The van der Waals surface area contributed by atoms with Crippen molar-refractivity contribution in [2.75, 3.05) is 14.2 Å². The maximum atomic E-state index is 14.4. The molecule has 1 unspecified atom stereocenters. The quantitative estimate of drug-likeness (QED) is 0.645. The largest absolute Gasteiger partial charge is 0.496 e. The van der Waals surface area contributed by atoms with Gasteiger partial charge in [0.15, 0.2) is 5.96 Å². The summed E-state index contributed by atoms with van der Waals surface area (Å²) >= 11 is 0. The highest BCUT2D eigenvalue weighted by Gasteiger charge is 2.55. The van der Waals surface area contributed by atoms with Crippen molar-refractivity contribution in [3.05, 3.63) is 71.3 Å². The number of carbonyl (C=O) groups excluding carboxylic acids is 1. The standard InChI is InChI=1S/C23H19FN4O3/c1-12-17(30-3)9-7-15-19(12)31-18-8-6-13(14-5-4-10-26-20(14)24)11-16(18)23(15)21(29)28(2)22(25)27-23/h4-11H,1-3H3,(H2,25,27). The number of aromatic nitrogens is 1. The maximum Gasteiger partial charge on any atom is 0.266 e. The molecular formula is C23H19FN4O3. The summed E-state index contributed by atoms with van der Waals surface area (Å²) in [5.41, 5.74) is 7.29. The summed E-state index contributed by atoms with van der Waals surface area (Å²) in [7, 11) is 3.15. The Morgan fingerprint density at radius 2 is 2.00 bits per heavy atom. The van der Waals surface area contributed by atoms with Gasteiger partial charge in [-0.15, -0.1) is 0 Å². The van der Waals surface area contributed by atoms with Crippen molar-refractivity contribution in [1.82, 2.24) is 9.88 Å². The molecule has 3 heterocycles. The van der Waals surface area contributed by atoms with Crippen molar-refractivity contribution >= 4 is 11.9 Å². The smallest absolute Gasteiger partial charge is 0.266 e. The molecule has 0 bridgehead atoms. The number of nitrogens with zero attached hydrogens (tertiary/aromatic N) is 3. The van der Waals surface area contributed by atoms with Crippen LogP contribution in [0.1, 0.15) is 16.7 Å². The van der Waals surface area contributed by atoms with E-state index in [1.165, 1.54) is 11.1 Å². The molecule has 1 atom stereocenters. The first-order chi connectivity index (χ1) is 14.9. The van der Waals surface area contributed by atoms with Crippen LogP contribution in [-0.2, 0) is 10.3 Å². The first-order valence-electron chi connectivity index (χ1n) is 9.63. The van der Waals surface area contributed by atoms with E-state index in [9.17, 15) is 9.18 Å². The third-order valence-electron chi connectivity index (χ3n) is 5.86. The number of nitrogens with two attached hydrogens (primary N) is 1. The first-order valence-corrected chi connectivity index (χ1v) is 9.63. The van der Waals surface area contributed by atoms with Crippen molar-refractivity contribution < 1.29 is 18.7 Å². The highest BCUT2D eigenvalue weighted by molar-refractivity contribution is 6.10. The van der Waals surface area contributed by atoms with Crippen LogP contribution >= 0.6 is 0 Å². The van der Waals surface area contributed by atoms with E-state index in [-0.39, 0.29) is 11.9 Å². The lowest BCUT2D eigenvalue weighted by Crippen LogP contribution is -2.42. The molecule has 7 nitrogen and oxygen atoms in total. The number of hydrogen-bond acceptors (Lipinski definition) is 6. The fourth-order valence-electron chi connectivity index (χ4n) is 4.23. The van der Waals surface area contributed by atoms with Crippen LogP contribution in [0.3, 0.4) is 0 Å².